The molecule has 0 aliphatic rings. The number of para-hydroxylation sites is 2. The van der Waals surface area contributed by atoms with Gasteiger partial charge in [-0.15, -0.1) is 0 Å². The summed E-state index contributed by atoms with van der Waals surface area (Å²) in [5, 5.41) is 3.36. The molecule has 0 saturated carbocycles. The second-order valence-electron chi connectivity index (χ2n) is 4.60. The SMILES string of the molecule is CNC(Cc1ccccc1OC)c1ccccc1OC. The average molecular weight is 271 g/mol. The maximum Gasteiger partial charge on any atom is 0.123 e. The van der Waals surface area contributed by atoms with Crippen LogP contribution in [0.4, 0.5) is 0 Å². The van der Waals surface area contributed by atoms with E-state index >= 15 is 0 Å². The number of hydrogen-bond acceptors (Lipinski definition) is 3. The minimum atomic E-state index is 0.183. The molecule has 0 aliphatic carbocycles. The Morgan fingerprint density at radius 2 is 1.50 bits per heavy atom. The maximum absolute atomic E-state index is 5.45. The molecule has 1 unspecified atom stereocenters. The third-order valence-corrected chi connectivity index (χ3v) is 3.48. The summed E-state index contributed by atoms with van der Waals surface area (Å²) in [5.41, 5.74) is 2.34. The Balaban J connectivity index is 2.29. The first kappa shape index (κ1) is 14.4. The van der Waals surface area contributed by atoms with Gasteiger partial charge in [0.15, 0.2) is 0 Å². The lowest BCUT2D eigenvalue weighted by Crippen LogP contribution is -2.19. The summed E-state index contributed by atoms with van der Waals surface area (Å²) < 4.78 is 10.9. The van der Waals surface area contributed by atoms with E-state index in [4.69, 9.17) is 9.47 Å². The van der Waals surface area contributed by atoms with Crippen LogP contribution in [0.15, 0.2) is 48.5 Å². The van der Waals surface area contributed by atoms with Crippen LogP contribution in [0.1, 0.15) is 17.2 Å². The number of nitrogens with one attached hydrogen (secondary N) is 1. The predicted octanol–water partition coefficient (Wildman–Crippen LogP) is 3.21. The van der Waals surface area contributed by atoms with Gasteiger partial charge in [-0.05, 0) is 31.2 Å². The van der Waals surface area contributed by atoms with Crippen LogP contribution in [0.2, 0.25) is 0 Å². The molecule has 0 heterocycles. The minimum absolute atomic E-state index is 0.183. The third kappa shape index (κ3) is 3.11. The van der Waals surface area contributed by atoms with Crippen molar-refractivity contribution in [1.29, 1.82) is 0 Å². The number of ether oxygens (including phenoxy) is 2. The van der Waals surface area contributed by atoms with Crippen molar-refractivity contribution in [2.45, 2.75) is 12.5 Å². The summed E-state index contributed by atoms with van der Waals surface area (Å²) >= 11 is 0. The minimum Gasteiger partial charge on any atom is -0.496 e. The lowest BCUT2D eigenvalue weighted by molar-refractivity contribution is 0.395. The van der Waals surface area contributed by atoms with E-state index in [0.717, 1.165) is 23.5 Å². The Morgan fingerprint density at radius 3 is 2.15 bits per heavy atom. The van der Waals surface area contributed by atoms with E-state index in [0.29, 0.717) is 0 Å². The molecule has 0 amide bonds. The van der Waals surface area contributed by atoms with E-state index in [9.17, 15) is 0 Å². The molecule has 0 saturated heterocycles. The van der Waals surface area contributed by atoms with Gasteiger partial charge in [-0.3, -0.25) is 0 Å². The molecular weight excluding hydrogens is 250 g/mol. The number of rotatable bonds is 6. The molecule has 1 atom stereocenters. The topological polar surface area (TPSA) is 30.5 Å². The van der Waals surface area contributed by atoms with Crippen LogP contribution in [0.25, 0.3) is 0 Å². The van der Waals surface area contributed by atoms with Crippen LogP contribution in [0, 0.1) is 0 Å². The van der Waals surface area contributed by atoms with Gasteiger partial charge in [0.05, 0.1) is 14.2 Å². The van der Waals surface area contributed by atoms with Crippen LogP contribution >= 0.6 is 0 Å². The molecule has 0 fully saturated rings. The van der Waals surface area contributed by atoms with Gasteiger partial charge in [0, 0.05) is 11.6 Å². The monoisotopic (exact) mass is 271 g/mol. The first-order chi connectivity index (χ1) is 9.80. The molecule has 2 aromatic rings. The molecular formula is C17H21NO2. The fourth-order valence-corrected chi connectivity index (χ4v) is 2.41. The Labute approximate surface area is 120 Å². The highest BCUT2D eigenvalue weighted by molar-refractivity contribution is 5.39. The normalized spacial score (nSPS) is 11.9. The fourth-order valence-electron chi connectivity index (χ4n) is 2.41. The molecule has 0 radical (unpaired) electrons. The fraction of sp³-hybridized carbons (Fsp3) is 0.294. The van der Waals surface area contributed by atoms with E-state index in [2.05, 4.69) is 17.4 Å². The lowest BCUT2D eigenvalue weighted by atomic mass is 9.97. The van der Waals surface area contributed by atoms with Crippen LogP contribution in [-0.2, 0) is 6.42 Å². The van der Waals surface area contributed by atoms with E-state index in [1.54, 1.807) is 14.2 Å². The van der Waals surface area contributed by atoms with Gasteiger partial charge < -0.3 is 14.8 Å². The Morgan fingerprint density at radius 1 is 0.900 bits per heavy atom. The average Bonchev–Trinajstić information content (AvgIpc) is 2.53. The van der Waals surface area contributed by atoms with E-state index in [1.165, 1.54) is 5.56 Å². The molecule has 0 aliphatic heterocycles. The number of likely N-dealkylation sites (N-methyl/N-ethyl adjacent to an activating group) is 1. The Kier molecular flexibility index (Phi) is 5.02. The van der Waals surface area contributed by atoms with Crippen molar-refractivity contribution >= 4 is 0 Å². The van der Waals surface area contributed by atoms with Gasteiger partial charge in [0.2, 0.25) is 0 Å². The van der Waals surface area contributed by atoms with Crippen LogP contribution in [0.5, 0.6) is 11.5 Å². The summed E-state index contributed by atoms with van der Waals surface area (Å²) in [5.74, 6) is 1.82. The summed E-state index contributed by atoms with van der Waals surface area (Å²) in [6, 6.07) is 16.4. The predicted molar refractivity (Wildman–Crippen MR) is 81.5 cm³/mol. The summed E-state index contributed by atoms with van der Waals surface area (Å²) in [6.45, 7) is 0. The van der Waals surface area contributed by atoms with Gasteiger partial charge in [-0.2, -0.15) is 0 Å². The quantitative estimate of drug-likeness (QED) is 0.875. The molecule has 0 bridgehead atoms. The Bertz CT molecular complexity index is 554. The number of methoxy groups -OCH3 is 2. The van der Waals surface area contributed by atoms with Crippen molar-refractivity contribution in [1.82, 2.24) is 5.32 Å². The van der Waals surface area contributed by atoms with E-state index < -0.39 is 0 Å². The summed E-state index contributed by atoms with van der Waals surface area (Å²) in [6.07, 6.45) is 0.848. The zero-order valence-corrected chi connectivity index (χ0v) is 12.2. The van der Waals surface area contributed by atoms with Gasteiger partial charge >= 0.3 is 0 Å². The molecule has 2 aromatic carbocycles. The van der Waals surface area contributed by atoms with Crippen molar-refractivity contribution in [3.63, 3.8) is 0 Å². The van der Waals surface area contributed by atoms with E-state index in [-0.39, 0.29) is 6.04 Å². The van der Waals surface area contributed by atoms with Crippen molar-refractivity contribution in [3.8, 4) is 11.5 Å². The van der Waals surface area contributed by atoms with Gasteiger partial charge in [0.1, 0.15) is 11.5 Å². The molecule has 20 heavy (non-hydrogen) atoms. The zero-order chi connectivity index (χ0) is 14.4. The van der Waals surface area contributed by atoms with Gasteiger partial charge in [-0.25, -0.2) is 0 Å². The number of hydrogen-bond donors (Lipinski definition) is 1. The highest BCUT2D eigenvalue weighted by atomic mass is 16.5. The first-order valence-corrected chi connectivity index (χ1v) is 6.72. The largest absolute Gasteiger partial charge is 0.496 e. The standard InChI is InChI=1S/C17H21NO2/c1-18-15(14-9-5-7-11-17(14)20-3)12-13-8-4-6-10-16(13)19-2/h4-11,15,18H,12H2,1-3H3. The van der Waals surface area contributed by atoms with Crippen LogP contribution in [-0.4, -0.2) is 21.3 Å². The summed E-state index contributed by atoms with van der Waals surface area (Å²) in [7, 11) is 5.37. The molecule has 0 spiro atoms. The molecule has 3 heteroatoms. The summed E-state index contributed by atoms with van der Waals surface area (Å²) in [4.78, 5) is 0. The van der Waals surface area contributed by atoms with Crippen molar-refractivity contribution in [2.75, 3.05) is 21.3 Å². The van der Waals surface area contributed by atoms with Gasteiger partial charge in [0.25, 0.3) is 0 Å². The molecule has 106 valence electrons. The van der Waals surface area contributed by atoms with Crippen molar-refractivity contribution < 1.29 is 9.47 Å². The highest BCUT2D eigenvalue weighted by Crippen LogP contribution is 2.29. The number of benzene rings is 2. The van der Waals surface area contributed by atoms with E-state index in [1.807, 2.05) is 43.4 Å². The van der Waals surface area contributed by atoms with Crippen molar-refractivity contribution in [3.05, 3.63) is 59.7 Å². The first-order valence-electron chi connectivity index (χ1n) is 6.72. The van der Waals surface area contributed by atoms with Crippen LogP contribution < -0.4 is 14.8 Å². The van der Waals surface area contributed by atoms with Crippen molar-refractivity contribution in [2.24, 2.45) is 0 Å². The zero-order valence-electron chi connectivity index (χ0n) is 12.2. The molecule has 0 aromatic heterocycles. The Hall–Kier alpha value is -2.00. The molecule has 2 rings (SSSR count). The molecule has 3 nitrogen and oxygen atoms in total. The van der Waals surface area contributed by atoms with Gasteiger partial charge in [-0.1, -0.05) is 36.4 Å². The highest BCUT2D eigenvalue weighted by Gasteiger charge is 2.16. The second-order valence-corrected chi connectivity index (χ2v) is 4.60. The molecule has 1 N–H and O–H groups in total. The maximum atomic E-state index is 5.45. The van der Waals surface area contributed by atoms with Crippen LogP contribution in [0.3, 0.4) is 0 Å². The third-order valence-electron chi connectivity index (χ3n) is 3.48. The lowest BCUT2D eigenvalue weighted by Gasteiger charge is -2.20. The smallest absolute Gasteiger partial charge is 0.123 e. The second kappa shape index (κ2) is 6.96.